The van der Waals surface area contributed by atoms with Gasteiger partial charge in [-0.05, 0) is 0 Å². The summed E-state index contributed by atoms with van der Waals surface area (Å²) >= 11 is 1.33. The zero-order valence-electron chi connectivity index (χ0n) is 6.31. The van der Waals surface area contributed by atoms with Crippen molar-refractivity contribution in [3.8, 4) is 16.6 Å². The Hall–Kier alpha value is -1.36. The van der Waals surface area contributed by atoms with Gasteiger partial charge in [0.1, 0.15) is 17.0 Å². The molecule has 12 heavy (non-hydrogen) atoms. The molecule has 0 fully saturated rings. The van der Waals surface area contributed by atoms with Crippen LogP contribution in [0, 0.1) is 6.92 Å². The van der Waals surface area contributed by atoms with Crippen LogP contribution in [0.3, 0.4) is 0 Å². The highest BCUT2D eigenvalue weighted by atomic mass is 32.1. The summed E-state index contributed by atoms with van der Waals surface area (Å²) in [5, 5.41) is 11.2. The van der Waals surface area contributed by atoms with Crippen LogP contribution in [0.5, 0.6) is 5.88 Å². The van der Waals surface area contributed by atoms with Gasteiger partial charge in [-0.25, -0.2) is 9.97 Å². The second-order valence-electron chi connectivity index (χ2n) is 2.26. The molecule has 0 aromatic carbocycles. The van der Waals surface area contributed by atoms with E-state index in [4.69, 9.17) is 9.52 Å². The number of hydrogen-bond acceptors (Lipinski definition) is 5. The van der Waals surface area contributed by atoms with Gasteiger partial charge in [0.05, 0.1) is 5.38 Å². The lowest BCUT2D eigenvalue weighted by molar-refractivity contribution is 0.458. The molecule has 0 bridgehead atoms. The molecule has 0 spiro atoms. The Morgan fingerprint density at radius 2 is 2.33 bits per heavy atom. The van der Waals surface area contributed by atoms with Crippen molar-refractivity contribution in [3.63, 3.8) is 0 Å². The van der Waals surface area contributed by atoms with Crippen LogP contribution < -0.4 is 0 Å². The summed E-state index contributed by atoms with van der Waals surface area (Å²) in [5.41, 5.74) is 0.665. The van der Waals surface area contributed by atoms with Gasteiger partial charge in [0, 0.05) is 6.92 Å². The number of hydrogen-bond donors (Lipinski definition) is 1. The average molecular weight is 182 g/mol. The Morgan fingerprint density at radius 3 is 2.83 bits per heavy atom. The summed E-state index contributed by atoms with van der Waals surface area (Å²) in [6.45, 7) is 1.76. The second kappa shape index (κ2) is 2.60. The van der Waals surface area contributed by atoms with Gasteiger partial charge >= 0.3 is 0 Å². The molecular weight excluding hydrogens is 176 g/mol. The van der Waals surface area contributed by atoms with Crippen molar-refractivity contribution in [2.75, 3.05) is 0 Å². The third-order valence-electron chi connectivity index (χ3n) is 1.33. The zero-order valence-corrected chi connectivity index (χ0v) is 7.13. The highest BCUT2D eigenvalue weighted by molar-refractivity contribution is 7.13. The number of thiazole rings is 1. The number of rotatable bonds is 1. The first-order valence-corrected chi connectivity index (χ1v) is 4.20. The van der Waals surface area contributed by atoms with Crippen LogP contribution in [0.4, 0.5) is 0 Å². The first-order chi connectivity index (χ1) is 5.75. The molecule has 5 heteroatoms. The lowest BCUT2D eigenvalue weighted by Crippen LogP contribution is -1.74. The molecule has 2 aromatic rings. The van der Waals surface area contributed by atoms with Gasteiger partial charge in [-0.15, -0.1) is 11.3 Å². The molecule has 0 saturated carbocycles. The molecule has 1 N–H and O–H groups in total. The molecule has 2 heterocycles. The lowest BCUT2D eigenvalue weighted by Gasteiger charge is -1.82. The minimum absolute atomic E-state index is 0.0238. The highest BCUT2D eigenvalue weighted by Gasteiger charge is 2.07. The SMILES string of the molecule is Cc1nc(-c2nc(O)cs2)co1. The topological polar surface area (TPSA) is 59.2 Å². The summed E-state index contributed by atoms with van der Waals surface area (Å²) in [6.07, 6.45) is 1.52. The van der Waals surface area contributed by atoms with Crippen molar-refractivity contribution in [2.24, 2.45) is 0 Å². The first-order valence-electron chi connectivity index (χ1n) is 3.33. The Morgan fingerprint density at radius 1 is 1.50 bits per heavy atom. The molecule has 62 valence electrons. The van der Waals surface area contributed by atoms with Crippen LogP contribution >= 0.6 is 11.3 Å². The summed E-state index contributed by atoms with van der Waals surface area (Å²) in [7, 11) is 0. The molecule has 2 rings (SSSR count). The molecule has 0 radical (unpaired) electrons. The van der Waals surface area contributed by atoms with E-state index in [1.807, 2.05) is 0 Å². The van der Waals surface area contributed by atoms with E-state index in [0.29, 0.717) is 16.6 Å². The molecule has 0 saturated heterocycles. The maximum absolute atomic E-state index is 8.96. The van der Waals surface area contributed by atoms with Crippen LogP contribution in [0.15, 0.2) is 16.1 Å². The smallest absolute Gasteiger partial charge is 0.222 e. The van der Waals surface area contributed by atoms with Crippen molar-refractivity contribution in [1.82, 2.24) is 9.97 Å². The van der Waals surface area contributed by atoms with Gasteiger partial charge in [-0.3, -0.25) is 0 Å². The summed E-state index contributed by atoms with van der Waals surface area (Å²) in [4.78, 5) is 7.91. The third-order valence-corrected chi connectivity index (χ3v) is 2.18. The van der Waals surface area contributed by atoms with Crippen LogP contribution in [0.1, 0.15) is 5.89 Å². The predicted octanol–water partition coefficient (Wildman–Crippen LogP) is 1.81. The quantitative estimate of drug-likeness (QED) is 0.730. The number of aromatic nitrogens is 2. The molecule has 0 aliphatic rings. The average Bonchev–Trinajstić information content (AvgIpc) is 2.58. The minimum Gasteiger partial charge on any atom is -0.493 e. The molecule has 0 unspecified atom stereocenters. The third kappa shape index (κ3) is 1.18. The summed E-state index contributed by atoms with van der Waals surface area (Å²) in [5.74, 6) is 0.621. The van der Waals surface area contributed by atoms with Crippen molar-refractivity contribution in [3.05, 3.63) is 17.5 Å². The van der Waals surface area contributed by atoms with Crippen LogP contribution in [-0.4, -0.2) is 15.1 Å². The Balaban J connectivity index is 2.43. The zero-order chi connectivity index (χ0) is 8.55. The first kappa shape index (κ1) is 7.30. The molecule has 0 amide bonds. The number of aryl methyl sites for hydroxylation is 1. The monoisotopic (exact) mass is 182 g/mol. The van der Waals surface area contributed by atoms with Crippen molar-refractivity contribution in [2.45, 2.75) is 6.92 Å². The van der Waals surface area contributed by atoms with E-state index in [2.05, 4.69) is 9.97 Å². The Labute approximate surface area is 72.5 Å². The molecule has 2 aromatic heterocycles. The fourth-order valence-corrected chi connectivity index (χ4v) is 1.48. The van der Waals surface area contributed by atoms with Gasteiger partial charge < -0.3 is 9.52 Å². The van der Waals surface area contributed by atoms with E-state index in [0.717, 1.165) is 0 Å². The second-order valence-corrected chi connectivity index (χ2v) is 3.12. The van der Waals surface area contributed by atoms with E-state index in [1.165, 1.54) is 17.6 Å². The Bertz CT molecular complexity index is 355. The van der Waals surface area contributed by atoms with Gasteiger partial charge in [0.2, 0.25) is 5.88 Å². The number of nitrogens with zero attached hydrogens (tertiary/aromatic N) is 2. The molecule has 4 nitrogen and oxygen atoms in total. The van der Waals surface area contributed by atoms with E-state index >= 15 is 0 Å². The Kier molecular flexibility index (Phi) is 1.58. The van der Waals surface area contributed by atoms with E-state index in [9.17, 15) is 0 Å². The van der Waals surface area contributed by atoms with Gasteiger partial charge in [-0.1, -0.05) is 0 Å². The summed E-state index contributed by atoms with van der Waals surface area (Å²) in [6, 6.07) is 0. The fourth-order valence-electron chi connectivity index (χ4n) is 0.845. The van der Waals surface area contributed by atoms with E-state index in [-0.39, 0.29) is 5.88 Å². The van der Waals surface area contributed by atoms with Crippen molar-refractivity contribution < 1.29 is 9.52 Å². The predicted molar refractivity (Wildman–Crippen MR) is 44.0 cm³/mol. The molecule has 0 aliphatic carbocycles. The van der Waals surface area contributed by atoms with Gasteiger partial charge in [-0.2, -0.15) is 0 Å². The number of oxazole rings is 1. The summed E-state index contributed by atoms with van der Waals surface area (Å²) < 4.78 is 5.00. The largest absolute Gasteiger partial charge is 0.493 e. The fraction of sp³-hybridized carbons (Fsp3) is 0.143. The van der Waals surface area contributed by atoms with Crippen LogP contribution in [0.2, 0.25) is 0 Å². The van der Waals surface area contributed by atoms with Crippen LogP contribution in [-0.2, 0) is 0 Å². The standard InChI is InChI=1S/C7H6N2O2S/c1-4-8-5(2-11-4)7-9-6(10)3-12-7/h2-3,10H,1H3. The van der Waals surface area contributed by atoms with Gasteiger partial charge in [0.25, 0.3) is 0 Å². The van der Waals surface area contributed by atoms with E-state index < -0.39 is 0 Å². The molecule has 0 atom stereocenters. The lowest BCUT2D eigenvalue weighted by atomic mass is 10.5. The minimum atomic E-state index is 0.0238. The normalized spacial score (nSPS) is 10.4. The maximum atomic E-state index is 8.96. The maximum Gasteiger partial charge on any atom is 0.222 e. The molecule has 0 aliphatic heterocycles. The van der Waals surface area contributed by atoms with E-state index in [1.54, 1.807) is 12.3 Å². The number of aromatic hydroxyl groups is 1. The molecular formula is C7H6N2O2S. The van der Waals surface area contributed by atoms with Crippen molar-refractivity contribution >= 4 is 11.3 Å². The van der Waals surface area contributed by atoms with Crippen LogP contribution in [0.25, 0.3) is 10.7 Å². The van der Waals surface area contributed by atoms with Gasteiger partial charge in [0.15, 0.2) is 5.89 Å². The van der Waals surface area contributed by atoms with Crippen molar-refractivity contribution in [1.29, 1.82) is 0 Å². The highest BCUT2D eigenvalue weighted by Crippen LogP contribution is 2.25.